The Morgan fingerprint density at radius 2 is 1.35 bits per heavy atom. The minimum atomic E-state index is -2.04. The SMILES string of the molecule is C[C@@H]1O[C@@H](O[C@H]2[C@H](O[C@H]3[C@H](O[C@H]4CC[C@@]5(C)[C@@H](CC[C@]6(C)[C@@H]5CC=C5[C@@H]7C[C@](C)(CO)[C@H](O)[C@@H](O)[C@]7(C)CC[C@]56C)[C@@]4(C)CO)O[C@H](C(=O)O)[C@@H](O)[C@@H]3O)OC[C@@H](O)[C@@H]2O)[C@H](O)[C@H](O)[C@H]1O. The summed E-state index contributed by atoms with van der Waals surface area (Å²) in [6, 6.07) is 0. The van der Waals surface area contributed by atoms with Crippen LogP contribution in [0, 0.1) is 50.2 Å². The fourth-order valence-corrected chi connectivity index (χ4v) is 14.9. The maximum atomic E-state index is 12.4. The zero-order valence-corrected chi connectivity index (χ0v) is 39.1. The zero-order chi connectivity index (χ0) is 48.4. The molecule has 3 saturated heterocycles. The van der Waals surface area contributed by atoms with Crippen molar-refractivity contribution < 1.29 is 94.5 Å². The Hall–Kier alpha value is -1.47. The number of hydrogen-bond donors (Lipinski definition) is 12. The molecule has 19 nitrogen and oxygen atoms in total. The lowest BCUT2D eigenvalue weighted by atomic mass is 9.33. The number of ether oxygens (including phenoxy) is 6. The summed E-state index contributed by atoms with van der Waals surface area (Å²) in [5.41, 5.74) is -1.86. The molecule has 0 aromatic carbocycles. The zero-order valence-electron chi connectivity index (χ0n) is 39.1. The Morgan fingerprint density at radius 3 is 2.00 bits per heavy atom. The molecule has 4 saturated carbocycles. The van der Waals surface area contributed by atoms with Crippen molar-refractivity contribution in [3.8, 4) is 0 Å². The molecule has 378 valence electrons. The Balaban J connectivity index is 1.06. The molecule has 12 N–H and O–H groups in total. The number of aliphatic hydroxyl groups is 11. The van der Waals surface area contributed by atoms with Gasteiger partial charge >= 0.3 is 5.97 Å². The molecule has 0 amide bonds. The van der Waals surface area contributed by atoms with Crippen LogP contribution in [0.4, 0.5) is 0 Å². The number of rotatable bonds is 9. The van der Waals surface area contributed by atoms with Gasteiger partial charge in [-0.25, -0.2) is 4.79 Å². The summed E-state index contributed by atoms with van der Waals surface area (Å²) in [5.74, 6) is -1.59. The quantitative estimate of drug-likeness (QED) is 0.100. The van der Waals surface area contributed by atoms with Crippen LogP contribution in [0.25, 0.3) is 0 Å². The fraction of sp³-hybridized carbons (Fsp3) is 0.936. The summed E-state index contributed by atoms with van der Waals surface area (Å²) in [6.07, 6.45) is -18.9. The first-order chi connectivity index (χ1) is 30.8. The molecule has 66 heavy (non-hydrogen) atoms. The first-order valence-corrected chi connectivity index (χ1v) is 23.9. The maximum absolute atomic E-state index is 12.4. The summed E-state index contributed by atoms with van der Waals surface area (Å²) in [4.78, 5) is 12.4. The van der Waals surface area contributed by atoms with Gasteiger partial charge in [-0.2, -0.15) is 0 Å². The van der Waals surface area contributed by atoms with E-state index in [9.17, 15) is 66.1 Å². The summed E-state index contributed by atoms with van der Waals surface area (Å²) in [5, 5.41) is 131. The van der Waals surface area contributed by atoms with Crippen LogP contribution in [0.5, 0.6) is 0 Å². The van der Waals surface area contributed by atoms with Crippen molar-refractivity contribution in [2.24, 2.45) is 50.2 Å². The second kappa shape index (κ2) is 17.7. The van der Waals surface area contributed by atoms with E-state index in [1.807, 2.05) is 13.8 Å². The molecule has 8 aliphatic rings. The third kappa shape index (κ3) is 7.51. The monoisotopic (exact) mass is 944 g/mol. The minimum absolute atomic E-state index is 0.0388. The normalized spacial score (nSPS) is 57.4. The van der Waals surface area contributed by atoms with Crippen molar-refractivity contribution in [3.05, 3.63) is 11.6 Å². The van der Waals surface area contributed by atoms with Crippen molar-refractivity contribution in [3.63, 3.8) is 0 Å². The fourth-order valence-electron chi connectivity index (χ4n) is 14.9. The van der Waals surface area contributed by atoms with Crippen LogP contribution in [0.1, 0.15) is 99.8 Å². The first kappa shape index (κ1) is 50.9. The van der Waals surface area contributed by atoms with E-state index in [1.54, 1.807) is 0 Å². The van der Waals surface area contributed by atoms with E-state index in [4.69, 9.17) is 28.4 Å². The van der Waals surface area contributed by atoms with Crippen LogP contribution < -0.4 is 0 Å². The largest absolute Gasteiger partial charge is 0.479 e. The van der Waals surface area contributed by atoms with Gasteiger partial charge in [-0.05, 0) is 92.3 Å². The van der Waals surface area contributed by atoms with Gasteiger partial charge in [0.15, 0.2) is 25.0 Å². The second-order valence-electron chi connectivity index (χ2n) is 23.0. The molecule has 0 bridgehead atoms. The van der Waals surface area contributed by atoms with Gasteiger partial charge in [-0.1, -0.05) is 53.2 Å². The smallest absolute Gasteiger partial charge is 0.335 e. The van der Waals surface area contributed by atoms with E-state index in [0.29, 0.717) is 32.1 Å². The molecule has 3 heterocycles. The van der Waals surface area contributed by atoms with Crippen molar-refractivity contribution in [2.75, 3.05) is 19.8 Å². The Morgan fingerprint density at radius 1 is 0.682 bits per heavy atom. The van der Waals surface area contributed by atoms with Gasteiger partial charge in [0.1, 0.15) is 54.9 Å². The van der Waals surface area contributed by atoms with Gasteiger partial charge in [-0.15, -0.1) is 0 Å². The highest BCUT2D eigenvalue weighted by molar-refractivity contribution is 5.73. The average Bonchev–Trinajstić information content (AvgIpc) is 3.27. The maximum Gasteiger partial charge on any atom is 0.335 e. The number of carboxylic acid groups (broad SMARTS) is 1. The molecule has 0 aromatic heterocycles. The van der Waals surface area contributed by atoms with Crippen LogP contribution in [0.15, 0.2) is 11.6 Å². The van der Waals surface area contributed by atoms with Gasteiger partial charge in [-0.3, -0.25) is 0 Å². The summed E-state index contributed by atoms with van der Waals surface area (Å²) < 4.78 is 36.0. The second-order valence-corrected chi connectivity index (χ2v) is 23.0. The van der Waals surface area contributed by atoms with Crippen molar-refractivity contribution >= 4 is 5.97 Å². The lowest BCUT2D eigenvalue weighted by molar-refractivity contribution is -0.387. The molecule has 8 rings (SSSR count). The average molecular weight is 945 g/mol. The molecular weight excluding hydrogens is 868 g/mol. The highest BCUT2D eigenvalue weighted by Gasteiger charge is 2.70. The van der Waals surface area contributed by atoms with E-state index in [-0.39, 0.29) is 47.2 Å². The van der Waals surface area contributed by atoms with E-state index >= 15 is 0 Å². The molecule has 3 aliphatic heterocycles. The third-order valence-corrected chi connectivity index (χ3v) is 19.6. The molecule has 26 atom stereocenters. The predicted octanol–water partition coefficient (Wildman–Crippen LogP) is -0.713. The number of aliphatic hydroxyl groups excluding tert-OH is 11. The number of hydrogen-bond acceptors (Lipinski definition) is 18. The Labute approximate surface area is 385 Å². The summed E-state index contributed by atoms with van der Waals surface area (Å²) in [6.45, 7) is 13.3. The molecule has 5 aliphatic carbocycles. The minimum Gasteiger partial charge on any atom is -0.479 e. The number of fused-ring (bicyclic) bond motifs is 7. The molecular formula is C47H76O19. The number of carbonyl (C=O) groups is 1. The van der Waals surface area contributed by atoms with Crippen LogP contribution in [0.2, 0.25) is 0 Å². The topological polar surface area (TPSA) is 315 Å². The summed E-state index contributed by atoms with van der Waals surface area (Å²) >= 11 is 0. The van der Waals surface area contributed by atoms with Gasteiger partial charge in [0, 0.05) is 16.2 Å². The Kier molecular flexibility index (Phi) is 13.6. The third-order valence-electron chi connectivity index (χ3n) is 19.6. The molecule has 0 radical (unpaired) electrons. The molecule has 0 unspecified atom stereocenters. The highest BCUT2D eigenvalue weighted by Crippen LogP contribution is 2.76. The van der Waals surface area contributed by atoms with Crippen molar-refractivity contribution in [2.45, 2.75) is 204 Å². The number of allylic oxidation sites excluding steroid dienone is 2. The van der Waals surface area contributed by atoms with Gasteiger partial charge in [0.05, 0.1) is 44.2 Å². The van der Waals surface area contributed by atoms with E-state index < -0.39 is 133 Å². The Bertz CT molecular complexity index is 1820. The van der Waals surface area contributed by atoms with Crippen LogP contribution in [-0.4, -0.2) is 191 Å². The molecule has 7 fully saturated rings. The van der Waals surface area contributed by atoms with Crippen molar-refractivity contribution in [1.29, 1.82) is 0 Å². The van der Waals surface area contributed by atoms with Gasteiger partial charge < -0.3 is 89.7 Å². The number of aliphatic carboxylic acids is 1. The predicted molar refractivity (Wildman–Crippen MR) is 227 cm³/mol. The lowest BCUT2D eigenvalue weighted by Crippen LogP contribution is -2.68. The van der Waals surface area contributed by atoms with Crippen LogP contribution in [0.3, 0.4) is 0 Å². The molecule has 0 spiro atoms. The lowest BCUT2D eigenvalue weighted by Gasteiger charge is -2.72. The van der Waals surface area contributed by atoms with Gasteiger partial charge in [0.2, 0.25) is 0 Å². The molecule has 0 aromatic rings. The number of carboxylic acids is 1. The van der Waals surface area contributed by atoms with Crippen molar-refractivity contribution in [1.82, 2.24) is 0 Å². The van der Waals surface area contributed by atoms with E-state index in [1.165, 1.54) is 12.5 Å². The van der Waals surface area contributed by atoms with Gasteiger partial charge in [0.25, 0.3) is 0 Å². The first-order valence-electron chi connectivity index (χ1n) is 23.9. The van der Waals surface area contributed by atoms with E-state index in [0.717, 1.165) is 19.3 Å². The van der Waals surface area contributed by atoms with Crippen LogP contribution >= 0.6 is 0 Å². The standard InChI is InChI=1S/C47H76O19/c1-20-27(51)29(53)32(56)39(62-20)65-34-28(52)23(50)17-61-40(34)66-35-31(55)30(54)33(38(59)60)64-41(35)63-26-11-12-44(4)24(45(26,5)19-49)10-13-47(7)25(44)9-8-21-22-16-42(2,18-48)36(57)37(58)43(22,3)14-15-46(21,47)6/h8,20,22-37,39-41,48-58H,9-19H2,1-7H3,(H,59,60)/t20-,22-,23+,24+,25+,26-,27-,28-,29+,30-,31-,32+,33-,34+,35+,36+,37+,39-,40-,41+,42+,43+,44-,45+,46+,47+/m0/s1. The van der Waals surface area contributed by atoms with E-state index in [2.05, 4.69) is 33.8 Å². The highest BCUT2D eigenvalue weighted by atomic mass is 16.8. The molecule has 19 heteroatoms. The van der Waals surface area contributed by atoms with Crippen LogP contribution in [-0.2, 0) is 33.2 Å². The summed E-state index contributed by atoms with van der Waals surface area (Å²) in [7, 11) is 0.